The van der Waals surface area contributed by atoms with Crippen LogP contribution < -0.4 is 15.9 Å². The lowest BCUT2D eigenvalue weighted by atomic mass is 10.2. The Hall–Kier alpha value is -2.47. The fourth-order valence-electron chi connectivity index (χ4n) is 1.35. The van der Waals surface area contributed by atoms with E-state index in [1.165, 1.54) is 0 Å². The molecule has 0 radical (unpaired) electrons. The summed E-state index contributed by atoms with van der Waals surface area (Å²) in [7, 11) is 0. The summed E-state index contributed by atoms with van der Waals surface area (Å²) in [4.78, 5) is 16.3. The van der Waals surface area contributed by atoms with Crippen LogP contribution in [0, 0.1) is 11.6 Å². The van der Waals surface area contributed by atoms with Gasteiger partial charge in [0.25, 0.3) is 5.91 Å². The number of amides is 1. The van der Waals surface area contributed by atoms with Crippen molar-refractivity contribution in [2.24, 2.45) is 0 Å². The molecule has 2 aromatic rings. The third-order valence-electron chi connectivity index (χ3n) is 2.26. The number of carbonyl (C=O) groups excluding carboxylic acids is 1. The van der Waals surface area contributed by atoms with Crippen molar-refractivity contribution in [3.8, 4) is 5.75 Å². The Morgan fingerprint density at radius 1 is 1.05 bits per heavy atom. The van der Waals surface area contributed by atoms with Crippen molar-refractivity contribution < 1.29 is 18.4 Å². The van der Waals surface area contributed by atoms with E-state index in [0.29, 0.717) is 11.6 Å². The van der Waals surface area contributed by atoms with Gasteiger partial charge >= 0.3 is 0 Å². The molecule has 0 aromatic heterocycles. The topological polar surface area (TPSA) is 50.4 Å². The molecule has 0 aliphatic heterocycles. The Bertz CT molecular complexity index is 576. The Balaban J connectivity index is 1.88. The van der Waals surface area contributed by atoms with E-state index in [-0.39, 0.29) is 5.75 Å². The van der Waals surface area contributed by atoms with Gasteiger partial charge in [0.1, 0.15) is 5.82 Å². The van der Waals surface area contributed by atoms with Crippen LogP contribution in [-0.4, -0.2) is 5.91 Å². The van der Waals surface area contributed by atoms with Crippen LogP contribution in [-0.2, 0) is 0 Å². The number of nitrogens with one attached hydrogen (secondary N) is 2. The predicted octanol–water partition coefficient (Wildman–Crippen LogP) is 2.19. The predicted molar refractivity (Wildman–Crippen MR) is 64.0 cm³/mol. The van der Waals surface area contributed by atoms with Gasteiger partial charge in [0, 0.05) is 11.6 Å². The molecule has 4 nitrogen and oxygen atoms in total. The average molecular weight is 264 g/mol. The first-order valence-electron chi connectivity index (χ1n) is 5.39. The highest BCUT2D eigenvalue weighted by Crippen LogP contribution is 2.16. The second-order valence-electron chi connectivity index (χ2n) is 3.60. The van der Waals surface area contributed by atoms with Gasteiger partial charge < -0.3 is 4.84 Å². The zero-order chi connectivity index (χ0) is 13.7. The number of benzene rings is 2. The first-order valence-corrected chi connectivity index (χ1v) is 5.39. The average Bonchev–Trinajstić information content (AvgIpc) is 2.42. The number of hydrogen-bond donors (Lipinski definition) is 2. The smallest absolute Gasteiger partial charge is 0.267 e. The van der Waals surface area contributed by atoms with Gasteiger partial charge in [-0.2, -0.15) is 0 Å². The minimum absolute atomic E-state index is 0.227. The normalized spacial score (nSPS) is 10.0. The summed E-state index contributed by atoms with van der Waals surface area (Å²) >= 11 is 0. The second kappa shape index (κ2) is 5.92. The Morgan fingerprint density at radius 2 is 1.79 bits per heavy atom. The number of carbonyl (C=O) groups is 1. The molecular formula is C13H10F2N2O2. The lowest BCUT2D eigenvalue weighted by Crippen LogP contribution is -2.39. The molecular weight excluding hydrogens is 254 g/mol. The van der Waals surface area contributed by atoms with Crippen molar-refractivity contribution in [1.29, 1.82) is 0 Å². The van der Waals surface area contributed by atoms with Crippen molar-refractivity contribution in [2.45, 2.75) is 0 Å². The number of hydrogen-bond acceptors (Lipinski definition) is 3. The van der Waals surface area contributed by atoms with Crippen LogP contribution in [0.1, 0.15) is 10.4 Å². The Labute approximate surface area is 107 Å². The highest BCUT2D eigenvalue weighted by Gasteiger charge is 2.07. The molecule has 2 N–H and O–H groups in total. The molecule has 2 rings (SSSR count). The van der Waals surface area contributed by atoms with E-state index < -0.39 is 17.5 Å². The molecule has 0 atom stereocenters. The highest BCUT2D eigenvalue weighted by molar-refractivity contribution is 5.93. The van der Waals surface area contributed by atoms with Gasteiger partial charge in [0.05, 0.1) is 0 Å². The van der Waals surface area contributed by atoms with Crippen LogP contribution >= 0.6 is 0 Å². The van der Waals surface area contributed by atoms with E-state index in [9.17, 15) is 13.6 Å². The van der Waals surface area contributed by atoms with Crippen LogP contribution in [0.5, 0.6) is 5.75 Å². The highest BCUT2D eigenvalue weighted by atomic mass is 19.1. The fraction of sp³-hybridized carbons (Fsp3) is 0. The largest absolute Gasteiger partial charge is 0.386 e. The maximum atomic E-state index is 13.2. The quantitative estimate of drug-likeness (QED) is 0.832. The Kier molecular flexibility index (Phi) is 4.04. The summed E-state index contributed by atoms with van der Waals surface area (Å²) in [6.45, 7) is 0. The summed E-state index contributed by atoms with van der Waals surface area (Å²) in [6.07, 6.45) is 0. The first kappa shape index (κ1) is 13.0. The van der Waals surface area contributed by atoms with E-state index >= 15 is 0 Å². The molecule has 0 aliphatic carbocycles. The van der Waals surface area contributed by atoms with E-state index in [2.05, 4.69) is 11.0 Å². The molecule has 2 aromatic carbocycles. The van der Waals surface area contributed by atoms with Crippen LogP contribution in [0.2, 0.25) is 0 Å². The molecule has 0 aliphatic rings. The minimum Gasteiger partial charge on any atom is -0.386 e. The van der Waals surface area contributed by atoms with E-state index in [4.69, 9.17) is 4.84 Å². The van der Waals surface area contributed by atoms with Crippen LogP contribution in [0.3, 0.4) is 0 Å². The molecule has 0 saturated heterocycles. The van der Waals surface area contributed by atoms with Gasteiger partial charge in [-0.1, -0.05) is 23.8 Å². The van der Waals surface area contributed by atoms with Crippen molar-refractivity contribution in [1.82, 2.24) is 11.0 Å². The van der Waals surface area contributed by atoms with Gasteiger partial charge in [-0.15, -0.1) is 0 Å². The molecule has 0 heterocycles. The van der Waals surface area contributed by atoms with Crippen molar-refractivity contribution in [2.75, 3.05) is 0 Å². The van der Waals surface area contributed by atoms with Crippen molar-refractivity contribution in [3.05, 3.63) is 65.7 Å². The second-order valence-corrected chi connectivity index (χ2v) is 3.60. The van der Waals surface area contributed by atoms with E-state index in [0.717, 1.165) is 12.1 Å². The summed E-state index contributed by atoms with van der Waals surface area (Å²) in [5, 5.41) is 0. The summed E-state index contributed by atoms with van der Waals surface area (Å²) in [5.74, 6) is -2.25. The summed E-state index contributed by atoms with van der Waals surface area (Å²) < 4.78 is 25.8. The third kappa shape index (κ3) is 3.49. The van der Waals surface area contributed by atoms with Gasteiger partial charge in [-0.25, -0.2) is 8.78 Å². The fourth-order valence-corrected chi connectivity index (χ4v) is 1.35. The first-order chi connectivity index (χ1) is 9.16. The van der Waals surface area contributed by atoms with Crippen LogP contribution in [0.25, 0.3) is 0 Å². The van der Waals surface area contributed by atoms with Gasteiger partial charge in [0.2, 0.25) is 0 Å². The monoisotopic (exact) mass is 264 g/mol. The molecule has 1 amide bonds. The molecule has 19 heavy (non-hydrogen) atoms. The van der Waals surface area contributed by atoms with Gasteiger partial charge in [-0.05, 0) is 24.3 Å². The zero-order valence-electron chi connectivity index (χ0n) is 9.69. The standard InChI is InChI=1S/C13H10F2N2O2/c14-10-6-7-12(11(15)8-10)19-17-16-13(18)9-4-2-1-3-5-9/h1-8,17H,(H,16,18). The van der Waals surface area contributed by atoms with Crippen molar-refractivity contribution in [3.63, 3.8) is 0 Å². The minimum atomic E-state index is -0.874. The summed E-state index contributed by atoms with van der Waals surface area (Å²) in [5.41, 5.74) is 4.73. The number of rotatable bonds is 4. The maximum absolute atomic E-state index is 13.2. The Morgan fingerprint density at radius 3 is 2.47 bits per heavy atom. The molecule has 0 fully saturated rings. The maximum Gasteiger partial charge on any atom is 0.267 e. The van der Waals surface area contributed by atoms with Crippen molar-refractivity contribution >= 4 is 5.91 Å². The lowest BCUT2D eigenvalue weighted by Gasteiger charge is -2.09. The zero-order valence-corrected chi connectivity index (χ0v) is 9.69. The molecule has 0 unspecified atom stereocenters. The lowest BCUT2D eigenvalue weighted by molar-refractivity contribution is 0.0783. The van der Waals surface area contributed by atoms with Crippen LogP contribution in [0.4, 0.5) is 8.78 Å². The van der Waals surface area contributed by atoms with E-state index in [1.54, 1.807) is 30.3 Å². The number of halogens is 2. The van der Waals surface area contributed by atoms with Gasteiger partial charge in [0.15, 0.2) is 11.6 Å². The third-order valence-corrected chi connectivity index (χ3v) is 2.26. The molecule has 0 saturated carbocycles. The van der Waals surface area contributed by atoms with Gasteiger partial charge in [-0.3, -0.25) is 10.2 Å². The molecule has 0 bridgehead atoms. The number of hydrazine groups is 1. The molecule has 98 valence electrons. The molecule has 6 heteroatoms. The van der Waals surface area contributed by atoms with Crippen LogP contribution in [0.15, 0.2) is 48.5 Å². The molecule has 0 spiro atoms. The summed E-state index contributed by atoms with van der Waals surface area (Å²) in [6, 6.07) is 11.2. The SMILES string of the molecule is O=C(NNOc1ccc(F)cc1F)c1ccccc1. The van der Waals surface area contributed by atoms with E-state index in [1.807, 2.05) is 0 Å².